The van der Waals surface area contributed by atoms with Crippen LogP contribution in [0.4, 0.5) is 0 Å². The van der Waals surface area contributed by atoms with Gasteiger partial charge in [-0.15, -0.1) is 0 Å². The van der Waals surface area contributed by atoms with Crippen LogP contribution in [0.15, 0.2) is 0 Å². The van der Waals surface area contributed by atoms with Gasteiger partial charge in [0.05, 0.1) is 65.3 Å². The Hall–Kier alpha value is -0.0631. The number of aliphatic hydroxyl groups is 3. The molecule has 0 aromatic rings. The van der Waals surface area contributed by atoms with Gasteiger partial charge in [-0.2, -0.15) is 0 Å². The molecule has 0 fully saturated rings. The summed E-state index contributed by atoms with van der Waals surface area (Å²) in [6.07, 6.45) is 18.2. The topological polar surface area (TPSA) is 88.4 Å². The van der Waals surface area contributed by atoms with Crippen LogP contribution in [-0.4, -0.2) is 93.9 Å². The van der Waals surface area contributed by atoms with Gasteiger partial charge in [0.15, 0.2) is 0 Å². The molecule has 0 aliphatic heterocycles. The van der Waals surface area contributed by atoms with Crippen molar-refractivity contribution in [2.75, 3.05) is 47.0 Å². The van der Waals surface area contributed by atoms with Gasteiger partial charge in [0, 0.05) is 12.5 Å². The molecule has 0 saturated heterocycles. The summed E-state index contributed by atoms with van der Waals surface area (Å²) in [6, 6.07) is 0.597. The van der Waals surface area contributed by atoms with E-state index in [0.717, 1.165) is 24.0 Å². The molecule has 0 radical (unpaired) electrons. The highest BCUT2D eigenvalue weighted by Crippen LogP contribution is 2.21. The molecule has 0 aromatic heterocycles. The van der Waals surface area contributed by atoms with Crippen LogP contribution < -0.4 is 0 Å². The van der Waals surface area contributed by atoms with E-state index in [1.54, 1.807) is 20.8 Å². The minimum absolute atomic E-state index is 0.114. The van der Waals surface area contributed by atoms with Crippen LogP contribution in [0.25, 0.3) is 0 Å². The number of hydrogen-bond donors (Lipinski definition) is 3. The molecule has 3 N–H and O–H groups in total. The first kappa shape index (κ1) is 37.9. The molecule has 0 aliphatic carbocycles. The highest BCUT2D eigenvalue weighted by atomic mass is 28.4. The monoisotopic (exact) mass is 564 g/mol. The van der Waals surface area contributed by atoms with E-state index in [4.69, 9.17) is 13.3 Å². The predicted octanol–water partition coefficient (Wildman–Crippen LogP) is 6.07. The summed E-state index contributed by atoms with van der Waals surface area (Å²) < 4.78 is 19.0. The van der Waals surface area contributed by atoms with Crippen LogP contribution in [0.2, 0.25) is 6.04 Å². The minimum atomic E-state index is -3.15. The van der Waals surface area contributed by atoms with Crippen molar-refractivity contribution in [3.05, 3.63) is 0 Å². The van der Waals surface area contributed by atoms with Gasteiger partial charge in [0.25, 0.3) is 0 Å². The Bertz CT molecular complexity index is 488. The molecule has 0 saturated carbocycles. The van der Waals surface area contributed by atoms with Crippen LogP contribution in [0.3, 0.4) is 0 Å². The van der Waals surface area contributed by atoms with Gasteiger partial charge in [-0.25, -0.2) is 0 Å². The Morgan fingerprint density at radius 1 is 0.526 bits per heavy atom. The van der Waals surface area contributed by atoms with Crippen molar-refractivity contribution in [2.24, 2.45) is 0 Å². The van der Waals surface area contributed by atoms with Gasteiger partial charge in [0.2, 0.25) is 0 Å². The highest BCUT2D eigenvalue weighted by Gasteiger charge is 2.42. The zero-order valence-corrected chi connectivity index (χ0v) is 27.1. The summed E-state index contributed by atoms with van der Waals surface area (Å²) in [5.74, 6) is 0. The maximum Gasteiger partial charge on any atom is 0.501 e. The average molecular weight is 565 g/mol. The maximum atomic E-state index is 9.77. The summed E-state index contributed by atoms with van der Waals surface area (Å²) in [4.78, 5) is 0. The van der Waals surface area contributed by atoms with Crippen molar-refractivity contribution in [1.29, 1.82) is 0 Å². The molecule has 3 unspecified atom stereocenters. The van der Waals surface area contributed by atoms with E-state index in [9.17, 15) is 15.3 Å². The first-order valence-electron chi connectivity index (χ1n) is 15.8. The lowest BCUT2D eigenvalue weighted by Gasteiger charge is -2.34. The smallest absolute Gasteiger partial charge is 0.391 e. The first-order chi connectivity index (χ1) is 18.0. The van der Waals surface area contributed by atoms with Gasteiger partial charge >= 0.3 is 8.80 Å². The Kier molecular flexibility index (Phi) is 23.6. The van der Waals surface area contributed by atoms with E-state index < -0.39 is 27.1 Å². The Morgan fingerprint density at radius 3 is 1.18 bits per heavy atom. The fraction of sp³-hybridized carbons (Fsp3) is 1.00. The van der Waals surface area contributed by atoms with Gasteiger partial charge in [0.1, 0.15) is 0 Å². The molecule has 38 heavy (non-hydrogen) atoms. The molecule has 0 bridgehead atoms. The number of hydrogen-bond acceptors (Lipinski definition) is 6. The van der Waals surface area contributed by atoms with E-state index in [0.29, 0.717) is 6.04 Å². The lowest BCUT2D eigenvalue weighted by atomic mass is 10.0. The predicted molar refractivity (Wildman–Crippen MR) is 160 cm³/mol. The van der Waals surface area contributed by atoms with Crippen molar-refractivity contribution >= 4 is 8.80 Å². The summed E-state index contributed by atoms with van der Waals surface area (Å²) in [7, 11) is 1.40. The third kappa shape index (κ3) is 23.8. The van der Waals surface area contributed by atoms with Gasteiger partial charge < -0.3 is 33.1 Å². The third-order valence-corrected chi connectivity index (χ3v) is 9.78. The summed E-state index contributed by atoms with van der Waals surface area (Å²) in [6.45, 7) is 9.74. The standard InChI is InChI=1S/C30H66NO6Si/c1-7-8-9-10-11-12-13-14-15-16-17-18-19-20-22-31(5,6)23-21-24-38(35-25-28(2)32,36-26-29(3)33)37-27-30(4)34/h28-30,32-34H,7-27H2,1-6H3/q+1. The lowest BCUT2D eigenvalue weighted by molar-refractivity contribution is -0.890. The molecule has 3 atom stereocenters. The van der Waals surface area contributed by atoms with Crippen LogP contribution in [-0.2, 0) is 13.3 Å². The SMILES string of the molecule is CCCCCCCCCCCCCCCC[N+](C)(C)CCC[Si](OCC(C)O)(OCC(C)O)OCC(C)O. The van der Waals surface area contributed by atoms with E-state index in [1.165, 1.54) is 89.9 Å². The Morgan fingerprint density at radius 2 is 0.842 bits per heavy atom. The van der Waals surface area contributed by atoms with Gasteiger partial charge in [-0.05, 0) is 33.6 Å². The molecular weight excluding hydrogens is 498 g/mol. The van der Waals surface area contributed by atoms with E-state index in [-0.39, 0.29) is 19.8 Å². The van der Waals surface area contributed by atoms with Gasteiger partial charge in [-0.3, -0.25) is 0 Å². The van der Waals surface area contributed by atoms with Crippen molar-refractivity contribution < 1.29 is 33.1 Å². The molecule has 0 spiro atoms. The molecule has 0 aliphatic rings. The quantitative estimate of drug-likeness (QED) is 0.0608. The summed E-state index contributed by atoms with van der Waals surface area (Å²) >= 11 is 0. The zero-order chi connectivity index (χ0) is 28.7. The maximum absolute atomic E-state index is 9.77. The summed E-state index contributed by atoms with van der Waals surface area (Å²) in [5.41, 5.74) is 0. The molecule has 0 aromatic carbocycles. The number of aliphatic hydroxyl groups excluding tert-OH is 3. The van der Waals surface area contributed by atoms with Crippen molar-refractivity contribution in [2.45, 2.75) is 148 Å². The molecule has 0 amide bonds. The second-order valence-corrected chi connectivity index (χ2v) is 15.0. The van der Waals surface area contributed by atoms with Crippen molar-refractivity contribution in [1.82, 2.24) is 0 Å². The fourth-order valence-electron chi connectivity index (χ4n) is 4.65. The Balaban J connectivity index is 4.24. The lowest BCUT2D eigenvalue weighted by Crippen LogP contribution is -2.50. The second-order valence-electron chi connectivity index (χ2n) is 12.2. The van der Waals surface area contributed by atoms with Crippen LogP contribution in [0.5, 0.6) is 0 Å². The average Bonchev–Trinajstić information content (AvgIpc) is 2.84. The number of rotatable bonds is 28. The summed E-state index contributed by atoms with van der Waals surface area (Å²) in [5, 5.41) is 29.3. The molecule has 230 valence electrons. The highest BCUT2D eigenvalue weighted by molar-refractivity contribution is 6.60. The molecular formula is C30H66NO6Si+. The van der Waals surface area contributed by atoms with E-state index >= 15 is 0 Å². The third-order valence-electron chi connectivity index (χ3n) is 7.00. The molecule has 0 rings (SSSR count). The van der Waals surface area contributed by atoms with Crippen LogP contribution >= 0.6 is 0 Å². The fourth-order valence-corrected chi connectivity index (χ4v) is 7.41. The largest absolute Gasteiger partial charge is 0.501 e. The van der Waals surface area contributed by atoms with Crippen molar-refractivity contribution in [3.63, 3.8) is 0 Å². The zero-order valence-electron chi connectivity index (χ0n) is 26.1. The molecule has 8 heteroatoms. The minimum Gasteiger partial charge on any atom is -0.391 e. The van der Waals surface area contributed by atoms with Gasteiger partial charge in [-0.1, -0.05) is 84.0 Å². The van der Waals surface area contributed by atoms with Crippen LogP contribution in [0.1, 0.15) is 124 Å². The number of nitrogens with zero attached hydrogens (tertiary/aromatic N) is 1. The van der Waals surface area contributed by atoms with E-state index in [1.807, 2.05) is 0 Å². The normalized spacial score (nSPS) is 16.3. The molecule has 0 heterocycles. The second kappa shape index (κ2) is 23.6. The van der Waals surface area contributed by atoms with Crippen molar-refractivity contribution in [3.8, 4) is 0 Å². The number of quaternary nitrogens is 1. The first-order valence-corrected chi connectivity index (χ1v) is 17.7. The molecule has 7 nitrogen and oxygen atoms in total. The van der Waals surface area contributed by atoms with Crippen LogP contribution in [0, 0.1) is 0 Å². The Labute approximate surface area is 237 Å². The number of unbranched alkanes of at least 4 members (excludes halogenated alkanes) is 13. The van der Waals surface area contributed by atoms with E-state index in [2.05, 4.69) is 21.0 Å².